The first-order valence-corrected chi connectivity index (χ1v) is 7.94. The van der Waals surface area contributed by atoms with Crippen LogP contribution in [0.15, 0.2) is 40.8 Å². The molecule has 1 N–H and O–H groups in total. The first-order valence-electron chi connectivity index (χ1n) is 7.94. The third-order valence-electron chi connectivity index (χ3n) is 4.78. The molecular formula is C19H15NO4. The van der Waals surface area contributed by atoms with Crippen molar-refractivity contribution in [3.8, 4) is 11.5 Å². The third-order valence-corrected chi connectivity index (χ3v) is 4.78. The number of fused-ring (bicyclic) bond motifs is 6. The topological polar surface area (TPSA) is 62.9 Å². The van der Waals surface area contributed by atoms with Crippen molar-refractivity contribution < 1.29 is 19.1 Å². The average molecular weight is 321 g/mol. The van der Waals surface area contributed by atoms with Crippen LogP contribution in [0.4, 0.5) is 0 Å². The smallest absolute Gasteiger partial charge is 0.260 e. The lowest BCUT2D eigenvalue weighted by molar-refractivity contribution is -0.00670. The van der Waals surface area contributed by atoms with E-state index < -0.39 is 6.23 Å². The standard InChI is InChI=1S/C19H15NO4/c1-10-2-4-13-16(8-10)24-19-17-12(6-7-20(19)18(13)22)14-9-11(21)3-5-15(14)23-17/h2-5,8-9,19,21H,6-7H2,1H3. The Labute approximate surface area is 138 Å². The summed E-state index contributed by atoms with van der Waals surface area (Å²) in [5, 5.41) is 10.6. The number of hydrogen-bond acceptors (Lipinski definition) is 4. The highest BCUT2D eigenvalue weighted by Gasteiger charge is 2.41. The minimum absolute atomic E-state index is 0.0322. The van der Waals surface area contributed by atoms with Crippen molar-refractivity contribution in [3.63, 3.8) is 0 Å². The molecule has 0 saturated heterocycles. The summed E-state index contributed by atoms with van der Waals surface area (Å²) < 4.78 is 12.1. The first-order chi connectivity index (χ1) is 11.6. The van der Waals surface area contributed by atoms with Crippen molar-refractivity contribution in [3.05, 3.63) is 58.8 Å². The van der Waals surface area contributed by atoms with E-state index in [9.17, 15) is 9.90 Å². The molecule has 24 heavy (non-hydrogen) atoms. The maximum absolute atomic E-state index is 12.8. The van der Waals surface area contributed by atoms with Crippen LogP contribution in [0, 0.1) is 6.92 Å². The van der Waals surface area contributed by atoms with E-state index in [-0.39, 0.29) is 11.7 Å². The van der Waals surface area contributed by atoms with Gasteiger partial charge in [0, 0.05) is 17.5 Å². The fourth-order valence-electron chi connectivity index (χ4n) is 3.61. The Bertz CT molecular complexity index is 1000. The Balaban J connectivity index is 1.69. The van der Waals surface area contributed by atoms with E-state index >= 15 is 0 Å². The minimum atomic E-state index is -0.551. The zero-order valence-corrected chi connectivity index (χ0v) is 13.1. The molecule has 1 unspecified atom stereocenters. The van der Waals surface area contributed by atoms with Crippen LogP contribution in [0.2, 0.25) is 0 Å². The number of rotatable bonds is 0. The van der Waals surface area contributed by atoms with Crippen molar-refractivity contribution in [1.29, 1.82) is 0 Å². The van der Waals surface area contributed by atoms with Gasteiger partial charge in [0.25, 0.3) is 5.91 Å². The molecule has 2 aliphatic heterocycles. The number of carbonyl (C=O) groups is 1. The van der Waals surface area contributed by atoms with E-state index in [2.05, 4.69) is 0 Å². The van der Waals surface area contributed by atoms with Crippen LogP contribution in [-0.2, 0) is 6.42 Å². The summed E-state index contributed by atoms with van der Waals surface area (Å²) in [7, 11) is 0. The van der Waals surface area contributed by atoms with E-state index in [4.69, 9.17) is 9.15 Å². The molecule has 1 aromatic heterocycles. The fourth-order valence-corrected chi connectivity index (χ4v) is 3.61. The average Bonchev–Trinajstić information content (AvgIpc) is 2.93. The number of furan rings is 1. The number of phenolic OH excluding ortho intramolecular Hbond substituents is 1. The molecule has 0 bridgehead atoms. The second kappa shape index (κ2) is 4.54. The second-order valence-corrected chi connectivity index (χ2v) is 6.34. The summed E-state index contributed by atoms with van der Waals surface area (Å²) >= 11 is 0. The van der Waals surface area contributed by atoms with Gasteiger partial charge in [-0.25, -0.2) is 0 Å². The molecule has 2 aliphatic rings. The number of carbonyl (C=O) groups excluding carboxylic acids is 1. The van der Waals surface area contributed by atoms with Crippen molar-refractivity contribution in [2.24, 2.45) is 0 Å². The fraction of sp³-hybridized carbons (Fsp3) is 0.211. The van der Waals surface area contributed by atoms with E-state index in [1.807, 2.05) is 25.1 Å². The largest absolute Gasteiger partial charge is 0.508 e. The van der Waals surface area contributed by atoms with Crippen molar-refractivity contribution in [1.82, 2.24) is 4.90 Å². The summed E-state index contributed by atoms with van der Waals surface area (Å²) in [5.41, 5.74) is 3.34. The van der Waals surface area contributed by atoms with E-state index in [0.717, 1.165) is 16.5 Å². The highest BCUT2D eigenvalue weighted by Crippen LogP contribution is 2.43. The van der Waals surface area contributed by atoms with Crippen LogP contribution < -0.4 is 4.74 Å². The van der Waals surface area contributed by atoms with Gasteiger partial charge in [0.1, 0.15) is 17.1 Å². The lowest BCUT2D eigenvalue weighted by Gasteiger charge is -2.38. The van der Waals surface area contributed by atoms with E-state index in [0.29, 0.717) is 35.6 Å². The molecule has 1 atom stereocenters. The number of aromatic hydroxyl groups is 1. The zero-order valence-electron chi connectivity index (χ0n) is 13.1. The lowest BCUT2D eigenvalue weighted by atomic mass is 9.99. The Morgan fingerprint density at radius 2 is 2.08 bits per heavy atom. The first kappa shape index (κ1) is 13.5. The Hall–Kier alpha value is -2.95. The number of benzene rings is 2. The molecular weight excluding hydrogens is 306 g/mol. The van der Waals surface area contributed by atoms with Crippen LogP contribution in [-0.4, -0.2) is 22.5 Å². The van der Waals surface area contributed by atoms with Crippen molar-refractivity contribution in [2.45, 2.75) is 19.6 Å². The number of hydrogen-bond donors (Lipinski definition) is 1. The summed E-state index contributed by atoms with van der Waals surface area (Å²) in [6.07, 6.45) is 0.128. The number of nitrogens with zero attached hydrogens (tertiary/aromatic N) is 1. The molecule has 0 saturated carbocycles. The van der Waals surface area contributed by atoms with Crippen LogP contribution in [0.1, 0.15) is 33.5 Å². The lowest BCUT2D eigenvalue weighted by Crippen LogP contribution is -2.45. The van der Waals surface area contributed by atoms with Crippen LogP contribution >= 0.6 is 0 Å². The Morgan fingerprint density at radius 1 is 1.21 bits per heavy atom. The number of ether oxygens (including phenoxy) is 1. The molecule has 0 fully saturated rings. The Kier molecular flexibility index (Phi) is 2.55. The molecule has 0 radical (unpaired) electrons. The van der Waals surface area contributed by atoms with Crippen LogP contribution in [0.25, 0.3) is 11.0 Å². The molecule has 0 aliphatic carbocycles. The van der Waals surface area contributed by atoms with Crippen LogP contribution in [0.3, 0.4) is 0 Å². The number of amides is 1. The molecule has 120 valence electrons. The Morgan fingerprint density at radius 3 is 2.96 bits per heavy atom. The second-order valence-electron chi connectivity index (χ2n) is 6.34. The van der Waals surface area contributed by atoms with Gasteiger partial charge in [-0.3, -0.25) is 9.69 Å². The van der Waals surface area contributed by atoms with Crippen molar-refractivity contribution >= 4 is 16.9 Å². The van der Waals surface area contributed by atoms with Gasteiger partial charge in [-0.15, -0.1) is 0 Å². The van der Waals surface area contributed by atoms with Gasteiger partial charge in [-0.05, 0) is 49.2 Å². The summed E-state index contributed by atoms with van der Waals surface area (Å²) in [6.45, 7) is 2.53. The summed E-state index contributed by atoms with van der Waals surface area (Å²) in [4.78, 5) is 14.5. The minimum Gasteiger partial charge on any atom is -0.508 e. The number of aryl methyl sites for hydroxylation is 1. The van der Waals surface area contributed by atoms with Gasteiger partial charge >= 0.3 is 0 Å². The normalized spacial score (nSPS) is 18.8. The highest BCUT2D eigenvalue weighted by atomic mass is 16.5. The van der Waals surface area contributed by atoms with Crippen molar-refractivity contribution in [2.75, 3.05) is 6.54 Å². The molecule has 0 spiro atoms. The van der Waals surface area contributed by atoms with Gasteiger partial charge in [0.05, 0.1) is 5.56 Å². The summed E-state index contributed by atoms with van der Waals surface area (Å²) in [5.74, 6) is 1.42. The maximum Gasteiger partial charge on any atom is 0.260 e. The van der Waals surface area contributed by atoms with Gasteiger partial charge in [-0.2, -0.15) is 0 Å². The molecule has 3 heterocycles. The predicted molar refractivity (Wildman–Crippen MR) is 87.2 cm³/mol. The van der Waals surface area contributed by atoms with Gasteiger partial charge in [-0.1, -0.05) is 6.07 Å². The van der Waals surface area contributed by atoms with Gasteiger partial charge in [0.2, 0.25) is 6.23 Å². The van der Waals surface area contributed by atoms with E-state index in [1.165, 1.54) is 0 Å². The van der Waals surface area contributed by atoms with E-state index in [1.54, 1.807) is 23.1 Å². The van der Waals surface area contributed by atoms with Gasteiger partial charge in [0.15, 0.2) is 5.76 Å². The highest BCUT2D eigenvalue weighted by molar-refractivity contribution is 5.98. The molecule has 1 amide bonds. The zero-order chi connectivity index (χ0) is 16.4. The molecule has 2 aromatic carbocycles. The summed E-state index contributed by atoms with van der Waals surface area (Å²) in [6, 6.07) is 10.7. The number of phenols is 1. The monoisotopic (exact) mass is 321 g/mol. The van der Waals surface area contributed by atoms with Crippen LogP contribution in [0.5, 0.6) is 11.5 Å². The third kappa shape index (κ3) is 1.72. The predicted octanol–water partition coefficient (Wildman–Crippen LogP) is 3.54. The SMILES string of the molecule is Cc1ccc2c(c1)OC1c3oc4ccc(O)cc4c3CCN1C2=O. The molecule has 3 aromatic rings. The molecule has 5 heteroatoms. The quantitative estimate of drug-likeness (QED) is 0.688. The van der Waals surface area contributed by atoms with Gasteiger partial charge < -0.3 is 14.3 Å². The maximum atomic E-state index is 12.8. The molecule has 5 rings (SSSR count). The molecule has 5 nitrogen and oxygen atoms in total.